The Hall–Kier alpha value is -1.31. The van der Waals surface area contributed by atoms with E-state index < -0.39 is 24.7 Å². The Balaban J connectivity index is 2.23. The second-order valence-electron chi connectivity index (χ2n) is 4.43. The number of carbonyl (C=O) groups is 2. The summed E-state index contributed by atoms with van der Waals surface area (Å²) in [6.45, 7) is -1.08. The van der Waals surface area contributed by atoms with Crippen LogP contribution in [0, 0.1) is 5.92 Å². The lowest BCUT2D eigenvalue weighted by molar-refractivity contribution is -0.174. The SMILES string of the molecule is O=C(O)C1CCC(=O)N(CCCOCC(F)(F)F)C1. The molecular formula is C11H16F3NO4. The average Bonchev–Trinajstić information content (AvgIpc) is 2.29. The van der Waals surface area contributed by atoms with Crippen molar-refractivity contribution < 1.29 is 32.6 Å². The van der Waals surface area contributed by atoms with Gasteiger partial charge in [0.25, 0.3) is 0 Å². The first kappa shape index (κ1) is 15.7. The third-order valence-corrected chi connectivity index (χ3v) is 2.83. The molecule has 0 aliphatic carbocycles. The molecule has 0 bridgehead atoms. The van der Waals surface area contributed by atoms with Crippen molar-refractivity contribution in [3.05, 3.63) is 0 Å². The van der Waals surface area contributed by atoms with E-state index >= 15 is 0 Å². The maximum Gasteiger partial charge on any atom is 0.411 e. The summed E-state index contributed by atoms with van der Waals surface area (Å²) in [5.41, 5.74) is 0. The highest BCUT2D eigenvalue weighted by Gasteiger charge is 2.30. The van der Waals surface area contributed by atoms with Crippen molar-refractivity contribution in [3.8, 4) is 0 Å². The number of nitrogens with zero attached hydrogens (tertiary/aromatic N) is 1. The summed E-state index contributed by atoms with van der Waals surface area (Å²) in [6.07, 6.45) is -3.61. The zero-order valence-electron chi connectivity index (χ0n) is 10.3. The molecule has 0 radical (unpaired) electrons. The zero-order valence-corrected chi connectivity index (χ0v) is 10.3. The van der Waals surface area contributed by atoms with Crippen molar-refractivity contribution in [1.29, 1.82) is 0 Å². The van der Waals surface area contributed by atoms with Crippen LogP contribution in [-0.4, -0.2) is 54.4 Å². The minimum atomic E-state index is -4.35. The number of amides is 1. The number of rotatable bonds is 6. The molecule has 0 aromatic rings. The third kappa shape index (κ3) is 5.91. The maximum absolute atomic E-state index is 11.8. The quantitative estimate of drug-likeness (QED) is 0.746. The van der Waals surface area contributed by atoms with E-state index in [1.807, 2.05) is 0 Å². The van der Waals surface area contributed by atoms with Crippen LogP contribution in [0.3, 0.4) is 0 Å². The molecule has 1 amide bonds. The predicted molar refractivity (Wildman–Crippen MR) is 58.4 cm³/mol. The molecule has 1 fully saturated rings. The second kappa shape index (κ2) is 6.74. The summed E-state index contributed by atoms with van der Waals surface area (Å²) in [5, 5.41) is 8.85. The fourth-order valence-corrected chi connectivity index (χ4v) is 1.88. The fourth-order valence-electron chi connectivity index (χ4n) is 1.88. The van der Waals surface area contributed by atoms with Gasteiger partial charge < -0.3 is 14.7 Å². The number of hydrogen-bond acceptors (Lipinski definition) is 3. The first-order valence-electron chi connectivity index (χ1n) is 5.94. The van der Waals surface area contributed by atoms with Gasteiger partial charge in [-0.25, -0.2) is 0 Å². The van der Waals surface area contributed by atoms with Crippen LogP contribution < -0.4 is 0 Å². The maximum atomic E-state index is 11.8. The number of hydrogen-bond donors (Lipinski definition) is 1. The zero-order chi connectivity index (χ0) is 14.5. The summed E-state index contributed by atoms with van der Waals surface area (Å²) in [5.74, 6) is -1.70. The highest BCUT2D eigenvalue weighted by Crippen LogP contribution is 2.18. The van der Waals surface area contributed by atoms with Crippen LogP contribution in [-0.2, 0) is 14.3 Å². The van der Waals surface area contributed by atoms with Gasteiger partial charge in [0.05, 0.1) is 5.92 Å². The van der Waals surface area contributed by atoms with E-state index in [1.165, 1.54) is 4.90 Å². The normalized spacial score (nSPS) is 20.7. The van der Waals surface area contributed by atoms with E-state index in [9.17, 15) is 22.8 Å². The first-order chi connectivity index (χ1) is 8.79. The molecule has 1 atom stereocenters. The van der Waals surface area contributed by atoms with E-state index in [4.69, 9.17) is 5.11 Å². The number of aliphatic carboxylic acids is 1. The number of piperidine rings is 1. The molecule has 1 unspecified atom stereocenters. The lowest BCUT2D eigenvalue weighted by atomic mass is 9.98. The number of ether oxygens (including phenoxy) is 1. The molecule has 0 spiro atoms. The van der Waals surface area contributed by atoms with Crippen LogP contribution in [0.4, 0.5) is 13.2 Å². The highest BCUT2D eigenvalue weighted by atomic mass is 19.4. The number of carbonyl (C=O) groups excluding carboxylic acids is 1. The molecule has 1 saturated heterocycles. The highest BCUT2D eigenvalue weighted by molar-refractivity contribution is 5.80. The summed E-state index contributed by atoms with van der Waals surface area (Å²) in [4.78, 5) is 23.7. The Kier molecular flexibility index (Phi) is 5.59. The molecule has 1 rings (SSSR count). The predicted octanol–water partition coefficient (Wildman–Crippen LogP) is 1.28. The molecule has 0 saturated carbocycles. The minimum absolute atomic E-state index is 0.110. The monoisotopic (exact) mass is 283 g/mol. The second-order valence-corrected chi connectivity index (χ2v) is 4.43. The number of halogens is 3. The molecule has 1 aliphatic rings. The van der Waals surface area contributed by atoms with Crippen LogP contribution in [0.15, 0.2) is 0 Å². The van der Waals surface area contributed by atoms with Gasteiger partial charge in [-0.1, -0.05) is 0 Å². The number of alkyl halides is 3. The summed E-state index contributed by atoms with van der Waals surface area (Å²) in [6, 6.07) is 0. The van der Waals surface area contributed by atoms with E-state index in [1.54, 1.807) is 0 Å². The molecule has 1 heterocycles. The Morgan fingerprint density at radius 1 is 1.47 bits per heavy atom. The first-order valence-corrected chi connectivity index (χ1v) is 5.94. The summed E-state index contributed by atoms with van der Waals surface area (Å²) >= 11 is 0. The number of likely N-dealkylation sites (tertiary alicyclic amines) is 1. The van der Waals surface area contributed by atoms with E-state index in [0.29, 0.717) is 6.42 Å². The van der Waals surface area contributed by atoms with Crippen molar-refractivity contribution in [3.63, 3.8) is 0 Å². The fraction of sp³-hybridized carbons (Fsp3) is 0.818. The Morgan fingerprint density at radius 3 is 2.74 bits per heavy atom. The van der Waals surface area contributed by atoms with Gasteiger partial charge in [0.1, 0.15) is 6.61 Å². The third-order valence-electron chi connectivity index (χ3n) is 2.83. The topological polar surface area (TPSA) is 66.8 Å². The smallest absolute Gasteiger partial charge is 0.411 e. The molecular weight excluding hydrogens is 267 g/mol. The number of carboxylic acids is 1. The van der Waals surface area contributed by atoms with Gasteiger partial charge in [0, 0.05) is 26.1 Å². The van der Waals surface area contributed by atoms with Crippen molar-refractivity contribution in [2.75, 3.05) is 26.3 Å². The van der Waals surface area contributed by atoms with Gasteiger partial charge in [0.2, 0.25) is 5.91 Å². The van der Waals surface area contributed by atoms with Crippen molar-refractivity contribution in [2.45, 2.75) is 25.4 Å². The van der Waals surface area contributed by atoms with Crippen molar-refractivity contribution in [1.82, 2.24) is 4.90 Å². The van der Waals surface area contributed by atoms with Crippen LogP contribution in [0.5, 0.6) is 0 Å². The van der Waals surface area contributed by atoms with Gasteiger partial charge in [-0.05, 0) is 12.8 Å². The van der Waals surface area contributed by atoms with Crippen LogP contribution in [0.1, 0.15) is 19.3 Å². The molecule has 110 valence electrons. The molecule has 0 aromatic heterocycles. The van der Waals surface area contributed by atoms with Crippen LogP contribution in [0.2, 0.25) is 0 Å². The van der Waals surface area contributed by atoms with Crippen LogP contribution in [0.25, 0.3) is 0 Å². The lowest BCUT2D eigenvalue weighted by Crippen LogP contribution is -2.43. The largest absolute Gasteiger partial charge is 0.481 e. The van der Waals surface area contributed by atoms with Gasteiger partial charge in [-0.2, -0.15) is 13.2 Å². The molecule has 1 aliphatic heterocycles. The van der Waals surface area contributed by atoms with Gasteiger partial charge in [-0.3, -0.25) is 9.59 Å². The van der Waals surface area contributed by atoms with E-state index in [2.05, 4.69) is 4.74 Å². The Morgan fingerprint density at radius 2 is 2.16 bits per heavy atom. The molecule has 1 N–H and O–H groups in total. The van der Waals surface area contributed by atoms with Crippen molar-refractivity contribution >= 4 is 11.9 Å². The summed E-state index contributed by atoms with van der Waals surface area (Å²) in [7, 11) is 0. The van der Waals surface area contributed by atoms with E-state index in [0.717, 1.165) is 0 Å². The van der Waals surface area contributed by atoms with Gasteiger partial charge in [0.15, 0.2) is 0 Å². The van der Waals surface area contributed by atoms with Gasteiger partial charge in [-0.15, -0.1) is 0 Å². The molecule has 5 nitrogen and oxygen atoms in total. The Labute approximate surface area is 108 Å². The van der Waals surface area contributed by atoms with E-state index in [-0.39, 0.29) is 38.4 Å². The summed E-state index contributed by atoms with van der Waals surface area (Å²) < 4.78 is 39.8. The lowest BCUT2D eigenvalue weighted by Gasteiger charge is -2.30. The molecule has 19 heavy (non-hydrogen) atoms. The minimum Gasteiger partial charge on any atom is -0.481 e. The molecule has 8 heteroatoms. The molecule has 0 aromatic carbocycles. The van der Waals surface area contributed by atoms with Gasteiger partial charge >= 0.3 is 12.1 Å². The Bertz CT molecular complexity index is 332. The standard InChI is InChI=1S/C11H16F3NO4/c12-11(13,14)7-19-5-1-4-15-6-8(10(17)18)2-3-9(15)16/h8H,1-7H2,(H,17,18). The van der Waals surface area contributed by atoms with Crippen LogP contribution >= 0.6 is 0 Å². The number of carboxylic acid groups (broad SMARTS) is 1. The van der Waals surface area contributed by atoms with Crippen molar-refractivity contribution in [2.24, 2.45) is 5.92 Å². The average molecular weight is 283 g/mol.